The van der Waals surface area contributed by atoms with E-state index in [1.54, 1.807) is 17.3 Å². The van der Waals surface area contributed by atoms with Gasteiger partial charge in [0.2, 0.25) is 17.8 Å². The van der Waals surface area contributed by atoms with Crippen molar-refractivity contribution in [2.24, 2.45) is 5.92 Å². The van der Waals surface area contributed by atoms with Gasteiger partial charge in [0.15, 0.2) is 0 Å². The monoisotopic (exact) mass is 571 g/mol. The lowest BCUT2D eigenvalue weighted by atomic mass is 10.0. The number of hydrogen-bond acceptors (Lipinski definition) is 6. The Morgan fingerprint density at radius 1 is 0.857 bits per heavy atom. The third-order valence-corrected chi connectivity index (χ3v) is 7.07. The Labute approximate surface area is 245 Å². The third kappa shape index (κ3) is 6.85. The Balaban J connectivity index is 1.46. The van der Waals surface area contributed by atoms with Crippen LogP contribution in [0.4, 0.5) is 10.7 Å². The molecule has 2 aromatic carbocycles. The molecule has 11 heteroatoms. The van der Waals surface area contributed by atoms with Crippen molar-refractivity contribution in [3.63, 3.8) is 0 Å². The fourth-order valence-electron chi connectivity index (χ4n) is 4.72. The minimum absolute atomic E-state index is 0.117. The van der Waals surface area contributed by atoms with Crippen molar-refractivity contribution >= 4 is 23.9 Å². The van der Waals surface area contributed by atoms with Crippen molar-refractivity contribution in [3.05, 3.63) is 66.7 Å². The minimum atomic E-state index is -0.711. The largest absolute Gasteiger partial charge is 0.453 e. The molecule has 2 unspecified atom stereocenters. The number of anilines is 1. The zero-order valence-corrected chi connectivity index (χ0v) is 24.7. The van der Waals surface area contributed by atoms with Crippen LogP contribution in [0.15, 0.2) is 60.9 Å². The van der Waals surface area contributed by atoms with Crippen LogP contribution >= 0.6 is 0 Å². The molecule has 0 spiro atoms. The summed E-state index contributed by atoms with van der Waals surface area (Å²) < 4.78 is 4.71. The lowest BCUT2D eigenvalue weighted by Crippen LogP contribution is -2.51. The van der Waals surface area contributed by atoms with Crippen molar-refractivity contribution in [1.82, 2.24) is 30.2 Å². The topological polar surface area (TPSA) is 145 Å². The summed E-state index contributed by atoms with van der Waals surface area (Å²) in [5, 5.41) is 5.29. The van der Waals surface area contributed by atoms with Crippen molar-refractivity contribution in [3.8, 4) is 33.6 Å². The van der Waals surface area contributed by atoms with E-state index in [1.807, 2.05) is 76.2 Å². The zero-order chi connectivity index (χ0) is 30.4. The molecule has 2 atom stereocenters. The second-order valence-corrected chi connectivity index (χ2v) is 10.3. The smallest absolute Gasteiger partial charge is 0.407 e. The summed E-state index contributed by atoms with van der Waals surface area (Å²) in [6, 6.07) is 15.2. The molecule has 0 bridgehead atoms. The first-order valence-electron chi connectivity index (χ1n) is 13.8. The molecule has 42 heavy (non-hydrogen) atoms. The molecule has 4 rings (SSSR count). The van der Waals surface area contributed by atoms with Crippen LogP contribution in [0, 0.1) is 5.92 Å². The summed E-state index contributed by atoms with van der Waals surface area (Å²) >= 11 is 0. The average molecular weight is 572 g/mol. The highest BCUT2D eigenvalue weighted by atomic mass is 16.5. The number of likely N-dealkylation sites (N-methyl/N-ethyl adjacent to an activating group) is 1. The minimum Gasteiger partial charge on any atom is -0.453 e. The van der Waals surface area contributed by atoms with Gasteiger partial charge in [0, 0.05) is 13.5 Å². The Morgan fingerprint density at radius 2 is 1.38 bits per heavy atom. The normalized spacial score (nSPS) is 12.5. The highest BCUT2D eigenvalue weighted by molar-refractivity contribution is 5.87. The van der Waals surface area contributed by atoms with Gasteiger partial charge in [0.25, 0.3) is 0 Å². The third-order valence-electron chi connectivity index (χ3n) is 7.07. The number of rotatable bonds is 10. The number of carbonyl (C=O) groups excluding carboxylic acids is 3. The van der Waals surface area contributed by atoms with Gasteiger partial charge in [-0.1, -0.05) is 62.4 Å². The van der Waals surface area contributed by atoms with Gasteiger partial charge in [-0.05, 0) is 42.0 Å². The van der Waals surface area contributed by atoms with Crippen LogP contribution in [0.1, 0.15) is 46.5 Å². The quantitative estimate of drug-likeness (QED) is 0.201. The van der Waals surface area contributed by atoms with Crippen LogP contribution in [0.25, 0.3) is 33.6 Å². The number of hydrogen-bond donors (Lipinski definition) is 4. The first-order chi connectivity index (χ1) is 20.1. The molecule has 0 aliphatic carbocycles. The average Bonchev–Trinajstić information content (AvgIpc) is 3.66. The van der Waals surface area contributed by atoms with Crippen LogP contribution < -0.4 is 10.6 Å². The van der Waals surface area contributed by atoms with Crippen LogP contribution in [0.3, 0.4) is 0 Å². The predicted molar refractivity (Wildman–Crippen MR) is 161 cm³/mol. The number of methoxy groups -OCH3 is 1. The molecule has 11 nitrogen and oxygen atoms in total. The fraction of sp³-hybridized carbons (Fsp3) is 0.323. The Bertz CT molecular complexity index is 1520. The summed E-state index contributed by atoms with van der Waals surface area (Å²) in [7, 11) is 1.28. The number of aromatic nitrogens is 4. The maximum Gasteiger partial charge on any atom is 0.407 e. The molecule has 3 amide bonds. The van der Waals surface area contributed by atoms with Crippen LogP contribution in [0.2, 0.25) is 0 Å². The zero-order valence-electron chi connectivity index (χ0n) is 24.7. The first kappa shape index (κ1) is 30.0. The Kier molecular flexibility index (Phi) is 9.41. The number of nitrogens with zero attached hydrogens (tertiary/aromatic N) is 3. The number of nitrogens with one attached hydrogen (secondary N) is 4. The number of aromatic amines is 2. The summed E-state index contributed by atoms with van der Waals surface area (Å²) in [4.78, 5) is 53.3. The maximum atomic E-state index is 13.4. The highest BCUT2D eigenvalue weighted by Crippen LogP contribution is 2.28. The lowest BCUT2D eigenvalue weighted by Gasteiger charge is -2.32. The number of H-pyrrole nitrogens is 2. The van der Waals surface area contributed by atoms with E-state index in [0.29, 0.717) is 18.3 Å². The van der Waals surface area contributed by atoms with Gasteiger partial charge in [-0.2, -0.15) is 0 Å². The molecule has 0 aliphatic heterocycles. The molecular formula is C31H37N7O4. The predicted octanol–water partition coefficient (Wildman–Crippen LogP) is 5.38. The van der Waals surface area contributed by atoms with Gasteiger partial charge in [0.05, 0.1) is 36.9 Å². The Morgan fingerprint density at radius 3 is 1.88 bits per heavy atom. The summed E-state index contributed by atoms with van der Waals surface area (Å²) in [6.07, 6.45) is 2.81. The van der Waals surface area contributed by atoms with E-state index < -0.39 is 12.1 Å². The van der Waals surface area contributed by atoms with Crippen molar-refractivity contribution < 1.29 is 19.1 Å². The van der Waals surface area contributed by atoms with Crippen LogP contribution in [0.5, 0.6) is 0 Å². The van der Waals surface area contributed by atoms with Crippen LogP contribution in [-0.2, 0) is 14.3 Å². The van der Waals surface area contributed by atoms with Gasteiger partial charge in [-0.3, -0.25) is 14.9 Å². The standard InChI is InChI=1S/C31H37N7O4/c1-7-38(29(40)27(18(2)3)37-31(41)42-6)19(4)28-32-16-25(35-28)23-12-8-21(9-13-23)22-10-14-24(15-11-22)26-17-33-30(36-26)34-20(5)39/h8-19,27H,7H2,1-6H3,(H,32,35)(H,37,41)(H2,33,34,36,39). The van der Waals surface area contributed by atoms with Gasteiger partial charge in [0.1, 0.15) is 11.9 Å². The number of carbonyl (C=O) groups is 3. The number of benzene rings is 2. The van der Waals surface area contributed by atoms with Gasteiger partial charge in [-0.15, -0.1) is 0 Å². The SMILES string of the molecule is CCN(C(=O)C(NC(=O)OC)C(C)C)C(C)c1ncc(-c2ccc(-c3ccc(-c4cnc(NC(C)=O)[nH]4)cc3)cc2)[nH]1. The fourth-order valence-corrected chi connectivity index (χ4v) is 4.72. The van der Waals surface area contributed by atoms with E-state index in [0.717, 1.165) is 33.6 Å². The van der Waals surface area contributed by atoms with Crippen molar-refractivity contribution in [2.75, 3.05) is 19.0 Å². The van der Waals surface area contributed by atoms with Crippen LogP contribution in [-0.4, -0.2) is 62.4 Å². The molecule has 220 valence electrons. The molecular weight excluding hydrogens is 534 g/mol. The van der Waals surface area contributed by atoms with Gasteiger partial charge >= 0.3 is 6.09 Å². The lowest BCUT2D eigenvalue weighted by molar-refractivity contribution is -0.136. The number of amides is 3. The van der Waals surface area contributed by atoms with E-state index in [9.17, 15) is 14.4 Å². The number of ether oxygens (including phenoxy) is 1. The van der Waals surface area contributed by atoms with Crippen molar-refractivity contribution in [2.45, 2.75) is 46.7 Å². The van der Waals surface area contributed by atoms with E-state index >= 15 is 0 Å². The number of imidazole rings is 2. The van der Waals surface area contributed by atoms with Gasteiger partial charge in [-0.25, -0.2) is 14.8 Å². The molecule has 0 saturated carbocycles. The molecule has 4 aromatic rings. The molecule has 2 heterocycles. The van der Waals surface area contributed by atoms with E-state index in [4.69, 9.17) is 4.74 Å². The number of alkyl carbamates (subject to hydrolysis) is 1. The molecule has 0 saturated heterocycles. The molecule has 2 aromatic heterocycles. The second kappa shape index (κ2) is 13.2. The highest BCUT2D eigenvalue weighted by Gasteiger charge is 2.32. The molecule has 0 fully saturated rings. The maximum absolute atomic E-state index is 13.4. The Hall–Kier alpha value is -4.93. The second-order valence-electron chi connectivity index (χ2n) is 10.3. The first-order valence-corrected chi connectivity index (χ1v) is 13.8. The van der Waals surface area contributed by atoms with E-state index in [-0.39, 0.29) is 23.8 Å². The summed E-state index contributed by atoms with van der Waals surface area (Å²) in [5.74, 6) is 0.574. The molecule has 4 N–H and O–H groups in total. The summed E-state index contributed by atoms with van der Waals surface area (Å²) in [6.45, 7) is 9.46. The van der Waals surface area contributed by atoms with Gasteiger partial charge < -0.3 is 24.9 Å². The molecule has 0 aliphatic rings. The summed E-state index contributed by atoms with van der Waals surface area (Å²) in [5.41, 5.74) is 5.69. The van der Waals surface area contributed by atoms with E-state index in [2.05, 4.69) is 30.6 Å². The van der Waals surface area contributed by atoms with E-state index in [1.165, 1.54) is 14.0 Å². The van der Waals surface area contributed by atoms with Crippen molar-refractivity contribution in [1.29, 1.82) is 0 Å². The molecule has 0 radical (unpaired) electrons.